The lowest BCUT2D eigenvalue weighted by Gasteiger charge is -2.33. The van der Waals surface area contributed by atoms with E-state index < -0.39 is 0 Å². The van der Waals surface area contributed by atoms with E-state index in [0.29, 0.717) is 13.2 Å². The number of rotatable bonds is 3. The fourth-order valence-electron chi connectivity index (χ4n) is 2.88. The molecule has 1 aliphatic rings. The second-order valence-corrected chi connectivity index (χ2v) is 6.01. The zero-order chi connectivity index (χ0) is 15.5. The van der Waals surface area contributed by atoms with E-state index >= 15 is 0 Å². The first-order chi connectivity index (χ1) is 10.6. The van der Waals surface area contributed by atoms with Gasteiger partial charge in [-0.1, -0.05) is 36.4 Å². The topological polar surface area (TPSA) is 32.8 Å². The van der Waals surface area contributed by atoms with Gasteiger partial charge in [0.2, 0.25) is 0 Å². The van der Waals surface area contributed by atoms with E-state index in [2.05, 4.69) is 47.4 Å². The van der Waals surface area contributed by atoms with Crippen LogP contribution in [0, 0.1) is 0 Å². The van der Waals surface area contributed by atoms with Crippen LogP contribution in [0.5, 0.6) is 0 Å². The summed E-state index contributed by atoms with van der Waals surface area (Å²) in [6.45, 7) is 2.98. The van der Waals surface area contributed by atoms with Crippen LogP contribution in [0.1, 0.15) is 5.56 Å². The van der Waals surface area contributed by atoms with Crippen molar-refractivity contribution < 1.29 is 9.53 Å². The summed E-state index contributed by atoms with van der Waals surface area (Å²) in [5.74, 6) is 0.0446. The molecule has 116 valence electrons. The molecule has 1 aliphatic heterocycles. The maximum atomic E-state index is 12.0. The van der Waals surface area contributed by atoms with Crippen molar-refractivity contribution >= 4 is 16.7 Å². The van der Waals surface area contributed by atoms with E-state index in [9.17, 15) is 4.79 Å². The number of amides is 1. The normalized spacial score (nSPS) is 19.3. The molecule has 0 bridgehead atoms. The third kappa shape index (κ3) is 3.29. The van der Waals surface area contributed by atoms with Crippen LogP contribution in [0.15, 0.2) is 42.5 Å². The molecule has 1 fully saturated rings. The first-order valence-corrected chi connectivity index (χ1v) is 7.66. The molecule has 0 spiro atoms. The Kier molecular flexibility index (Phi) is 4.41. The fourth-order valence-corrected chi connectivity index (χ4v) is 2.88. The summed E-state index contributed by atoms with van der Waals surface area (Å²) in [6.07, 6.45) is -0.343. The second-order valence-electron chi connectivity index (χ2n) is 6.01. The number of ether oxygens (including phenoxy) is 1. The van der Waals surface area contributed by atoms with Crippen LogP contribution in [0.3, 0.4) is 0 Å². The Morgan fingerprint density at radius 1 is 1.23 bits per heavy atom. The third-order valence-electron chi connectivity index (χ3n) is 4.09. The average molecular weight is 298 g/mol. The van der Waals surface area contributed by atoms with Gasteiger partial charge in [-0.15, -0.1) is 0 Å². The molecule has 1 amide bonds. The molecule has 0 saturated carbocycles. The van der Waals surface area contributed by atoms with Crippen molar-refractivity contribution in [2.75, 3.05) is 33.8 Å². The summed E-state index contributed by atoms with van der Waals surface area (Å²) >= 11 is 0. The molecular weight excluding hydrogens is 276 g/mol. The molecule has 2 aromatic rings. The number of hydrogen-bond acceptors (Lipinski definition) is 3. The molecule has 0 aromatic heterocycles. The van der Waals surface area contributed by atoms with Gasteiger partial charge in [0, 0.05) is 33.7 Å². The molecule has 22 heavy (non-hydrogen) atoms. The zero-order valence-corrected chi connectivity index (χ0v) is 13.2. The van der Waals surface area contributed by atoms with E-state index in [1.165, 1.54) is 16.3 Å². The first-order valence-electron chi connectivity index (χ1n) is 7.66. The Morgan fingerprint density at radius 2 is 2.00 bits per heavy atom. The number of fused-ring (bicyclic) bond motifs is 1. The van der Waals surface area contributed by atoms with E-state index in [4.69, 9.17) is 4.74 Å². The largest absolute Gasteiger partial charge is 0.366 e. The molecule has 1 heterocycles. The second kappa shape index (κ2) is 6.46. The van der Waals surface area contributed by atoms with Gasteiger partial charge in [0.1, 0.15) is 6.10 Å². The van der Waals surface area contributed by atoms with Gasteiger partial charge >= 0.3 is 0 Å². The lowest BCUT2D eigenvalue weighted by Crippen LogP contribution is -2.49. The number of benzene rings is 2. The van der Waals surface area contributed by atoms with Gasteiger partial charge in [-0.3, -0.25) is 9.69 Å². The molecule has 4 nitrogen and oxygen atoms in total. The van der Waals surface area contributed by atoms with E-state index in [1.807, 2.05) is 0 Å². The number of likely N-dealkylation sites (N-methyl/N-ethyl adjacent to an activating group) is 1. The summed E-state index contributed by atoms with van der Waals surface area (Å²) in [5.41, 5.74) is 1.27. The molecular formula is C18H22N2O2. The maximum absolute atomic E-state index is 12.0. The Morgan fingerprint density at radius 3 is 2.77 bits per heavy atom. The molecule has 3 rings (SSSR count). The highest BCUT2D eigenvalue weighted by molar-refractivity contribution is 5.83. The highest BCUT2D eigenvalue weighted by atomic mass is 16.5. The van der Waals surface area contributed by atoms with Gasteiger partial charge in [0.15, 0.2) is 0 Å². The van der Waals surface area contributed by atoms with Crippen molar-refractivity contribution in [3.63, 3.8) is 0 Å². The van der Waals surface area contributed by atoms with Gasteiger partial charge in [0.25, 0.3) is 5.91 Å². The van der Waals surface area contributed by atoms with E-state index in [-0.39, 0.29) is 12.0 Å². The molecule has 0 radical (unpaired) electrons. The van der Waals surface area contributed by atoms with E-state index in [0.717, 1.165) is 13.1 Å². The predicted octanol–water partition coefficient (Wildman–Crippen LogP) is 2.13. The van der Waals surface area contributed by atoms with Crippen LogP contribution in [-0.2, 0) is 16.1 Å². The van der Waals surface area contributed by atoms with Crippen LogP contribution >= 0.6 is 0 Å². The minimum atomic E-state index is -0.343. The van der Waals surface area contributed by atoms with Crippen molar-refractivity contribution in [2.24, 2.45) is 0 Å². The molecule has 2 aromatic carbocycles. The quantitative estimate of drug-likeness (QED) is 0.870. The average Bonchev–Trinajstić information content (AvgIpc) is 2.54. The molecule has 1 saturated heterocycles. The van der Waals surface area contributed by atoms with Crippen molar-refractivity contribution in [2.45, 2.75) is 12.6 Å². The van der Waals surface area contributed by atoms with Crippen LogP contribution in [0.4, 0.5) is 0 Å². The Labute approximate surface area is 131 Å². The van der Waals surface area contributed by atoms with Gasteiger partial charge < -0.3 is 9.64 Å². The molecule has 4 heteroatoms. The fraction of sp³-hybridized carbons (Fsp3) is 0.389. The molecule has 0 aliphatic carbocycles. The number of hydrogen-bond donors (Lipinski definition) is 0. The number of carbonyl (C=O) groups excluding carboxylic acids is 1. The summed E-state index contributed by atoms with van der Waals surface area (Å²) in [4.78, 5) is 15.9. The number of morpholine rings is 1. The van der Waals surface area contributed by atoms with Crippen LogP contribution in [0.2, 0.25) is 0 Å². The highest BCUT2D eigenvalue weighted by Crippen LogP contribution is 2.18. The minimum absolute atomic E-state index is 0.0446. The van der Waals surface area contributed by atoms with Crippen molar-refractivity contribution in [1.82, 2.24) is 9.80 Å². The summed E-state index contributed by atoms with van der Waals surface area (Å²) in [7, 11) is 3.54. The molecule has 0 N–H and O–H groups in total. The first kappa shape index (κ1) is 15.0. The van der Waals surface area contributed by atoms with Crippen LogP contribution in [0.25, 0.3) is 10.8 Å². The van der Waals surface area contributed by atoms with Crippen molar-refractivity contribution in [3.05, 3.63) is 48.0 Å². The minimum Gasteiger partial charge on any atom is -0.366 e. The van der Waals surface area contributed by atoms with Gasteiger partial charge in [0.05, 0.1) is 6.61 Å². The van der Waals surface area contributed by atoms with Crippen molar-refractivity contribution in [3.8, 4) is 0 Å². The van der Waals surface area contributed by atoms with Gasteiger partial charge in [-0.2, -0.15) is 0 Å². The van der Waals surface area contributed by atoms with Gasteiger partial charge in [-0.05, 0) is 22.4 Å². The molecule has 1 unspecified atom stereocenters. The Hall–Kier alpha value is -1.91. The highest BCUT2D eigenvalue weighted by Gasteiger charge is 2.27. The number of carbonyl (C=O) groups is 1. The summed E-state index contributed by atoms with van der Waals surface area (Å²) < 4.78 is 5.61. The lowest BCUT2D eigenvalue weighted by atomic mass is 10.1. The van der Waals surface area contributed by atoms with Gasteiger partial charge in [-0.25, -0.2) is 0 Å². The van der Waals surface area contributed by atoms with E-state index in [1.54, 1.807) is 19.0 Å². The number of nitrogens with zero attached hydrogens (tertiary/aromatic N) is 2. The predicted molar refractivity (Wildman–Crippen MR) is 87.7 cm³/mol. The smallest absolute Gasteiger partial charge is 0.252 e. The summed E-state index contributed by atoms with van der Waals surface area (Å²) in [5, 5.41) is 2.52. The molecule has 1 atom stereocenters. The standard InChI is InChI=1S/C18H22N2O2/c1-19(2)18(21)17-13-20(9-10-22-17)12-14-7-8-15-5-3-4-6-16(15)11-14/h3-8,11,17H,9-10,12-13H2,1-2H3. The zero-order valence-electron chi connectivity index (χ0n) is 13.2. The Balaban J connectivity index is 1.70. The maximum Gasteiger partial charge on any atom is 0.252 e. The van der Waals surface area contributed by atoms with Crippen LogP contribution < -0.4 is 0 Å². The van der Waals surface area contributed by atoms with Crippen molar-refractivity contribution in [1.29, 1.82) is 0 Å². The lowest BCUT2D eigenvalue weighted by molar-refractivity contribution is -0.147. The third-order valence-corrected chi connectivity index (χ3v) is 4.09. The van der Waals surface area contributed by atoms with Crippen LogP contribution in [-0.4, -0.2) is 55.6 Å². The summed E-state index contributed by atoms with van der Waals surface area (Å²) in [6, 6.07) is 14.9. The SMILES string of the molecule is CN(C)C(=O)C1CN(Cc2ccc3ccccc3c2)CCO1. The Bertz CT molecular complexity index is 669. The monoisotopic (exact) mass is 298 g/mol.